The third-order valence-corrected chi connectivity index (χ3v) is 3.09. The molecule has 2 amide bonds. The fourth-order valence-electron chi connectivity index (χ4n) is 1.85. The van der Waals surface area contributed by atoms with Crippen LogP contribution in [0.5, 0.6) is 0 Å². The Morgan fingerprint density at radius 3 is 2.85 bits per heavy atom. The van der Waals surface area contributed by atoms with Crippen LogP contribution in [-0.2, 0) is 13.1 Å². The third kappa shape index (κ3) is 3.34. The standard InChI is InChI=1S/C14H18N4O2/c1-10-13(11(2)20-17-10)9-18(3)14(19)16-8-12-5-4-6-15-7-12/h4-7H,8-9H2,1-3H3,(H,16,19). The molecular weight excluding hydrogens is 256 g/mol. The van der Waals surface area contributed by atoms with Gasteiger partial charge < -0.3 is 14.7 Å². The Bertz CT molecular complexity index is 561. The summed E-state index contributed by atoms with van der Waals surface area (Å²) in [5, 5.41) is 6.73. The molecule has 2 aromatic heterocycles. The van der Waals surface area contributed by atoms with Gasteiger partial charge in [0.1, 0.15) is 5.76 Å². The minimum Gasteiger partial charge on any atom is -0.361 e. The summed E-state index contributed by atoms with van der Waals surface area (Å²) in [6.45, 7) is 4.64. The van der Waals surface area contributed by atoms with Gasteiger partial charge in [0.15, 0.2) is 0 Å². The van der Waals surface area contributed by atoms with Gasteiger partial charge in [0.2, 0.25) is 0 Å². The zero-order valence-electron chi connectivity index (χ0n) is 11.9. The van der Waals surface area contributed by atoms with Crippen LogP contribution < -0.4 is 5.32 Å². The molecule has 0 saturated heterocycles. The van der Waals surface area contributed by atoms with Gasteiger partial charge in [-0.2, -0.15) is 0 Å². The molecule has 1 N–H and O–H groups in total. The molecule has 6 heteroatoms. The highest BCUT2D eigenvalue weighted by Gasteiger charge is 2.15. The monoisotopic (exact) mass is 274 g/mol. The predicted molar refractivity (Wildman–Crippen MR) is 73.9 cm³/mol. The number of pyridine rings is 1. The molecule has 0 radical (unpaired) electrons. The van der Waals surface area contributed by atoms with Crippen molar-refractivity contribution in [1.29, 1.82) is 0 Å². The summed E-state index contributed by atoms with van der Waals surface area (Å²) in [7, 11) is 1.74. The van der Waals surface area contributed by atoms with Crippen molar-refractivity contribution < 1.29 is 9.32 Å². The number of hydrogen-bond donors (Lipinski definition) is 1. The Morgan fingerprint density at radius 1 is 1.45 bits per heavy atom. The maximum atomic E-state index is 12.0. The molecule has 0 aromatic carbocycles. The lowest BCUT2D eigenvalue weighted by molar-refractivity contribution is 0.206. The van der Waals surface area contributed by atoms with Crippen molar-refractivity contribution in [3.05, 3.63) is 47.1 Å². The normalized spacial score (nSPS) is 10.3. The Hall–Kier alpha value is -2.37. The lowest BCUT2D eigenvalue weighted by Gasteiger charge is -2.17. The average molecular weight is 274 g/mol. The highest BCUT2D eigenvalue weighted by molar-refractivity contribution is 5.73. The van der Waals surface area contributed by atoms with E-state index in [1.54, 1.807) is 24.3 Å². The lowest BCUT2D eigenvalue weighted by Crippen LogP contribution is -2.36. The molecule has 2 rings (SSSR count). The van der Waals surface area contributed by atoms with E-state index >= 15 is 0 Å². The van der Waals surface area contributed by atoms with Gasteiger partial charge in [0, 0.05) is 31.5 Å². The SMILES string of the molecule is Cc1noc(C)c1CN(C)C(=O)NCc1cccnc1. The number of aromatic nitrogens is 2. The fourth-order valence-corrected chi connectivity index (χ4v) is 1.85. The van der Waals surface area contributed by atoms with E-state index in [0.29, 0.717) is 13.1 Å². The Kier molecular flexibility index (Phi) is 4.34. The van der Waals surface area contributed by atoms with Crippen LogP contribution >= 0.6 is 0 Å². The van der Waals surface area contributed by atoms with Gasteiger partial charge in [-0.3, -0.25) is 4.98 Å². The molecule has 2 heterocycles. The van der Waals surface area contributed by atoms with Gasteiger partial charge in [0.25, 0.3) is 0 Å². The molecule has 0 spiro atoms. The van der Waals surface area contributed by atoms with Crippen molar-refractivity contribution in [2.24, 2.45) is 0 Å². The number of carbonyl (C=O) groups is 1. The van der Waals surface area contributed by atoms with E-state index in [1.807, 2.05) is 26.0 Å². The van der Waals surface area contributed by atoms with Gasteiger partial charge in [0.05, 0.1) is 12.2 Å². The van der Waals surface area contributed by atoms with Crippen LogP contribution in [-0.4, -0.2) is 28.1 Å². The molecule has 106 valence electrons. The lowest BCUT2D eigenvalue weighted by atomic mass is 10.2. The highest BCUT2D eigenvalue weighted by atomic mass is 16.5. The number of nitrogens with one attached hydrogen (secondary N) is 1. The second kappa shape index (κ2) is 6.18. The molecule has 0 aliphatic heterocycles. The number of urea groups is 1. The van der Waals surface area contributed by atoms with Gasteiger partial charge in [-0.15, -0.1) is 0 Å². The van der Waals surface area contributed by atoms with Crippen molar-refractivity contribution in [1.82, 2.24) is 20.4 Å². The van der Waals surface area contributed by atoms with Crippen molar-refractivity contribution in [3.63, 3.8) is 0 Å². The number of nitrogens with zero attached hydrogens (tertiary/aromatic N) is 3. The van der Waals surface area contributed by atoms with Gasteiger partial charge in [-0.25, -0.2) is 4.79 Å². The number of hydrogen-bond acceptors (Lipinski definition) is 4. The maximum absolute atomic E-state index is 12.0. The minimum atomic E-state index is -0.145. The van der Waals surface area contributed by atoms with E-state index in [4.69, 9.17) is 4.52 Å². The summed E-state index contributed by atoms with van der Waals surface area (Å²) in [4.78, 5) is 17.6. The molecule has 6 nitrogen and oxygen atoms in total. The highest BCUT2D eigenvalue weighted by Crippen LogP contribution is 2.14. The molecule has 0 saturated carbocycles. The Balaban J connectivity index is 1.89. The first-order valence-electron chi connectivity index (χ1n) is 6.37. The number of aryl methyl sites for hydroxylation is 2. The van der Waals surface area contributed by atoms with E-state index in [-0.39, 0.29) is 6.03 Å². The minimum absolute atomic E-state index is 0.145. The largest absolute Gasteiger partial charge is 0.361 e. The van der Waals surface area contributed by atoms with Crippen molar-refractivity contribution in [2.45, 2.75) is 26.9 Å². The van der Waals surface area contributed by atoms with Crippen molar-refractivity contribution in [2.75, 3.05) is 7.05 Å². The van der Waals surface area contributed by atoms with E-state index in [2.05, 4.69) is 15.5 Å². The molecule has 0 fully saturated rings. The van der Waals surface area contributed by atoms with Crippen molar-refractivity contribution >= 4 is 6.03 Å². The summed E-state index contributed by atoms with van der Waals surface area (Å²) in [5.74, 6) is 0.745. The predicted octanol–water partition coefficient (Wildman–Crippen LogP) is 2.03. The maximum Gasteiger partial charge on any atom is 0.317 e. The van der Waals surface area contributed by atoms with Crippen LogP contribution in [0.1, 0.15) is 22.6 Å². The fraction of sp³-hybridized carbons (Fsp3) is 0.357. The summed E-state index contributed by atoms with van der Waals surface area (Å²) in [5.41, 5.74) is 2.73. The van der Waals surface area contributed by atoms with Gasteiger partial charge >= 0.3 is 6.03 Å². The second-order valence-corrected chi connectivity index (χ2v) is 4.68. The van der Waals surface area contributed by atoms with Gasteiger partial charge in [-0.1, -0.05) is 11.2 Å². The number of amides is 2. The third-order valence-electron chi connectivity index (χ3n) is 3.09. The number of rotatable bonds is 4. The smallest absolute Gasteiger partial charge is 0.317 e. The topological polar surface area (TPSA) is 71.3 Å². The second-order valence-electron chi connectivity index (χ2n) is 4.68. The number of carbonyl (C=O) groups excluding carboxylic acids is 1. The van der Waals surface area contributed by atoms with E-state index < -0.39 is 0 Å². The molecule has 0 atom stereocenters. The molecule has 0 bridgehead atoms. The zero-order chi connectivity index (χ0) is 14.5. The van der Waals surface area contributed by atoms with Crippen LogP contribution in [0.2, 0.25) is 0 Å². The zero-order valence-corrected chi connectivity index (χ0v) is 11.9. The van der Waals surface area contributed by atoms with E-state index in [1.165, 1.54) is 0 Å². The van der Waals surface area contributed by atoms with Crippen LogP contribution in [0.15, 0.2) is 29.0 Å². The Morgan fingerprint density at radius 2 is 2.25 bits per heavy atom. The molecule has 0 aliphatic carbocycles. The first-order chi connectivity index (χ1) is 9.58. The van der Waals surface area contributed by atoms with Crippen LogP contribution in [0.3, 0.4) is 0 Å². The van der Waals surface area contributed by atoms with Crippen molar-refractivity contribution in [3.8, 4) is 0 Å². The van der Waals surface area contributed by atoms with Crippen LogP contribution in [0.25, 0.3) is 0 Å². The van der Waals surface area contributed by atoms with Crippen LogP contribution in [0.4, 0.5) is 4.79 Å². The van der Waals surface area contributed by atoms with Gasteiger partial charge in [-0.05, 0) is 25.5 Å². The summed E-state index contributed by atoms with van der Waals surface area (Å²) < 4.78 is 5.09. The quantitative estimate of drug-likeness (QED) is 0.926. The summed E-state index contributed by atoms with van der Waals surface area (Å²) in [6.07, 6.45) is 3.43. The van der Waals surface area contributed by atoms with E-state index in [0.717, 1.165) is 22.6 Å². The molecule has 2 aromatic rings. The summed E-state index contributed by atoms with van der Waals surface area (Å²) >= 11 is 0. The van der Waals surface area contributed by atoms with E-state index in [9.17, 15) is 4.79 Å². The molecule has 0 unspecified atom stereocenters. The first-order valence-corrected chi connectivity index (χ1v) is 6.37. The summed E-state index contributed by atoms with van der Waals surface area (Å²) in [6, 6.07) is 3.62. The molecule has 0 aliphatic rings. The van der Waals surface area contributed by atoms with Crippen LogP contribution in [0, 0.1) is 13.8 Å². The molecule has 20 heavy (non-hydrogen) atoms. The first kappa shape index (κ1) is 14.0. The molecular formula is C14H18N4O2. The Labute approximate surface area is 117 Å². The average Bonchev–Trinajstić information content (AvgIpc) is 2.77.